The van der Waals surface area contributed by atoms with Crippen molar-refractivity contribution in [2.24, 2.45) is 0 Å². The van der Waals surface area contributed by atoms with Crippen LogP contribution in [-0.2, 0) is 0 Å². The Morgan fingerprint density at radius 2 is 2.14 bits per heavy atom. The second-order valence-corrected chi connectivity index (χ2v) is 8.52. The molecule has 3 heterocycles. The van der Waals surface area contributed by atoms with Crippen molar-refractivity contribution in [3.63, 3.8) is 0 Å². The second kappa shape index (κ2) is 7.84. The predicted molar refractivity (Wildman–Crippen MR) is 109 cm³/mol. The lowest BCUT2D eigenvalue weighted by Crippen LogP contribution is -2.42. The molecule has 150 valence electrons. The Kier molecular flexibility index (Phi) is 5.66. The van der Waals surface area contributed by atoms with Gasteiger partial charge in [0.25, 0.3) is 5.91 Å². The molecule has 0 radical (unpaired) electrons. The molecule has 0 saturated carbocycles. The molecule has 3 aromatic rings. The fourth-order valence-corrected chi connectivity index (χ4v) is 3.65. The Morgan fingerprint density at radius 1 is 1.39 bits per heavy atom. The average molecular weight is 405 g/mol. The number of nitrogens with one attached hydrogen (secondary N) is 3. The number of hydrogen-bond acceptors (Lipinski definition) is 6. The molecule has 3 aromatic heterocycles. The number of alkyl halides is 1. The molecule has 0 aliphatic heterocycles. The molecule has 0 aromatic carbocycles. The van der Waals surface area contributed by atoms with Crippen LogP contribution in [0.2, 0.25) is 0 Å². The lowest BCUT2D eigenvalue weighted by atomic mass is 10.0. The van der Waals surface area contributed by atoms with E-state index in [2.05, 4.69) is 25.8 Å². The topological polar surface area (TPSA) is 103 Å². The average Bonchev–Trinajstić information content (AvgIpc) is 3.27. The van der Waals surface area contributed by atoms with Gasteiger partial charge in [-0.05, 0) is 33.8 Å². The summed E-state index contributed by atoms with van der Waals surface area (Å²) in [6.07, 6.45) is 3.44. The van der Waals surface area contributed by atoms with Crippen LogP contribution >= 0.6 is 11.3 Å². The molecule has 0 aliphatic carbocycles. The Hall–Kier alpha value is -2.52. The molecule has 0 bridgehead atoms. The zero-order valence-electron chi connectivity index (χ0n) is 16.2. The van der Waals surface area contributed by atoms with Crippen LogP contribution in [0.15, 0.2) is 24.7 Å². The molecule has 0 aliphatic rings. The molecular formula is C19H24FN5O2S. The van der Waals surface area contributed by atoms with Crippen molar-refractivity contribution in [2.45, 2.75) is 45.5 Å². The minimum Gasteiger partial charge on any atom is -0.387 e. The van der Waals surface area contributed by atoms with Crippen molar-refractivity contribution in [2.75, 3.05) is 11.9 Å². The fourth-order valence-electron chi connectivity index (χ4n) is 2.66. The van der Waals surface area contributed by atoms with E-state index in [1.165, 1.54) is 31.4 Å². The number of hydrogen-bond donors (Lipinski definition) is 4. The molecule has 0 saturated heterocycles. The van der Waals surface area contributed by atoms with Gasteiger partial charge in [-0.2, -0.15) is 5.10 Å². The van der Waals surface area contributed by atoms with Crippen LogP contribution in [0.5, 0.6) is 0 Å². The third-order valence-electron chi connectivity index (χ3n) is 4.23. The summed E-state index contributed by atoms with van der Waals surface area (Å²) < 4.78 is 14.0. The van der Waals surface area contributed by atoms with Crippen LogP contribution in [0.4, 0.5) is 10.1 Å². The zero-order valence-corrected chi connectivity index (χ0v) is 17.0. The number of fused-ring (bicyclic) bond motifs is 1. The number of amides is 1. The van der Waals surface area contributed by atoms with Crippen molar-refractivity contribution in [3.8, 4) is 10.4 Å². The van der Waals surface area contributed by atoms with Crippen LogP contribution in [0.25, 0.3) is 20.7 Å². The Balaban J connectivity index is 1.96. The summed E-state index contributed by atoms with van der Waals surface area (Å²) in [6.45, 7) is 6.40. The minimum absolute atomic E-state index is 0.0831. The lowest BCUT2D eigenvalue weighted by molar-refractivity contribution is -0.00177. The van der Waals surface area contributed by atoms with E-state index in [0.717, 1.165) is 20.7 Å². The first-order valence-electron chi connectivity index (χ1n) is 8.99. The van der Waals surface area contributed by atoms with E-state index >= 15 is 0 Å². The molecule has 4 N–H and O–H groups in total. The largest absolute Gasteiger partial charge is 0.387 e. The fraction of sp³-hybridized carbons (Fsp3) is 0.421. The number of carbonyl (C=O) groups is 1. The molecule has 1 amide bonds. The highest BCUT2D eigenvalue weighted by molar-refractivity contribution is 7.21. The van der Waals surface area contributed by atoms with Gasteiger partial charge in [-0.3, -0.25) is 9.89 Å². The van der Waals surface area contributed by atoms with Crippen molar-refractivity contribution in [1.29, 1.82) is 0 Å². The summed E-state index contributed by atoms with van der Waals surface area (Å²) >= 11 is 1.50. The van der Waals surface area contributed by atoms with E-state index < -0.39 is 17.7 Å². The van der Waals surface area contributed by atoms with Gasteiger partial charge in [-0.15, -0.1) is 11.3 Å². The highest BCUT2D eigenvalue weighted by Crippen LogP contribution is 2.37. The first-order valence-corrected chi connectivity index (χ1v) is 9.81. The first kappa shape index (κ1) is 20.2. The standard InChI is InChI=1S/C19H24FN5O2S/c1-10(2)25-16-12-5-14(11-6-23-24-7-11)28-18(12)22-8-13(16)17(26)21-9-15(20)19(3,4)27/h5-8,10,15,27H,9H2,1-4H3,(H,21,26)(H,22,25)(H,23,24). The number of nitrogens with zero attached hydrogens (tertiary/aromatic N) is 2. The maximum atomic E-state index is 14.0. The van der Waals surface area contributed by atoms with Gasteiger partial charge in [-0.25, -0.2) is 9.37 Å². The minimum atomic E-state index is -1.58. The molecule has 3 rings (SSSR count). The van der Waals surface area contributed by atoms with E-state index in [9.17, 15) is 14.3 Å². The molecule has 1 atom stereocenters. The van der Waals surface area contributed by atoms with Crippen LogP contribution in [0.3, 0.4) is 0 Å². The van der Waals surface area contributed by atoms with Crippen LogP contribution in [-0.4, -0.2) is 50.6 Å². The molecule has 1 unspecified atom stereocenters. The molecule has 28 heavy (non-hydrogen) atoms. The van der Waals surface area contributed by atoms with Gasteiger partial charge in [0.1, 0.15) is 11.0 Å². The molecule has 0 fully saturated rings. The number of pyridine rings is 1. The Morgan fingerprint density at radius 3 is 2.75 bits per heavy atom. The summed E-state index contributed by atoms with van der Waals surface area (Å²) in [7, 11) is 0. The Bertz CT molecular complexity index is 963. The quantitative estimate of drug-likeness (QED) is 0.483. The van der Waals surface area contributed by atoms with Gasteiger partial charge in [0.15, 0.2) is 0 Å². The highest BCUT2D eigenvalue weighted by atomic mass is 32.1. The maximum absolute atomic E-state index is 14.0. The molecule has 7 nitrogen and oxygen atoms in total. The van der Waals surface area contributed by atoms with Crippen molar-refractivity contribution < 1.29 is 14.3 Å². The van der Waals surface area contributed by atoms with Crippen molar-refractivity contribution >= 4 is 33.1 Å². The number of anilines is 1. The van der Waals surface area contributed by atoms with Gasteiger partial charge < -0.3 is 15.7 Å². The molecule has 9 heteroatoms. The van der Waals surface area contributed by atoms with Gasteiger partial charge in [-0.1, -0.05) is 0 Å². The number of rotatable bonds is 7. The molecular weight excluding hydrogens is 381 g/mol. The van der Waals surface area contributed by atoms with Crippen LogP contribution < -0.4 is 10.6 Å². The SMILES string of the molecule is CC(C)Nc1c(C(=O)NCC(F)C(C)(C)O)cnc2sc(-c3cn[nH]c3)cc12. The van der Waals surface area contributed by atoms with E-state index in [1.807, 2.05) is 19.9 Å². The van der Waals surface area contributed by atoms with Gasteiger partial charge >= 0.3 is 0 Å². The maximum Gasteiger partial charge on any atom is 0.255 e. The van der Waals surface area contributed by atoms with Crippen molar-refractivity contribution in [1.82, 2.24) is 20.5 Å². The number of H-pyrrole nitrogens is 1. The van der Waals surface area contributed by atoms with Crippen LogP contribution in [0, 0.1) is 0 Å². The normalized spacial score (nSPS) is 13.1. The van der Waals surface area contributed by atoms with E-state index in [0.29, 0.717) is 11.3 Å². The summed E-state index contributed by atoms with van der Waals surface area (Å²) in [5.74, 6) is -0.444. The van der Waals surface area contributed by atoms with Gasteiger partial charge in [0.05, 0.1) is 29.6 Å². The third kappa shape index (κ3) is 4.31. The van der Waals surface area contributed by atoms with Crippen molar-refractivity contribution in [3.05, 3.63) is 30.2 Å². The summed E-state index contributed by atoms with van der Waals surface area (Å²) in [5, 5.41) is 23.2. The summed E-state index contributed by atoms with van der Waals surface area (Å²) in [4.78, 5) is 18.9. The van der Waals surface area contributed by atoms with Gasteiger partial charge in [0.2, 0.25) is 0 Å². The number of aromatic nitrogens is 3. The smallest absolute Gasteiger partial charge is 0.255 e. The van der Waals surface area contributed by atoms with Gasteiger partial charge in [0, 0.05) is 34.3 Å². The number of aliphatic hydroxyl groups is 1. The Labute approximate surface area is 166 Å². The number of carbonyl (C=O) groups excluding carboxylic acids is 1. The van der Waals surface area contributed by atoms with Crippen LogP contribution in [0.1, 0.15) is 38.1 Å². The first-order chi connectivity index (χ1) is 13.2. The second-order valence-electron chi connectivity index (χ2n) is 7.49. The van der Waals surface area contributed by atoms with E-state index in [1.54, 1.807) is 12.4 Å². The predicted octanol–water partition coefficient (Wildman–Crippen LogP) is 3.35. The zero-order chi connectivity index (χ0) is 20.5. The third-order valence-corrected chi connectivity index (χ3v) is 5.32. The lowest BCUT2D eigenvalue weighted by Gasteiger charge is -2.23. The summed E-state index contributed by atoms with van der Waals surface area (Å²) in [6, 6.07) is 2.05. The highest BCUT2D eigenvalue weighted by Gasteiger charge is 2.27. The number of halogens is 1. The van der Waals surface area contributed by atoms with E-state index in [4.69, 9.17) is 0 Å². The number of aromatic amines is 1. The monoisotopic (exact) mass is 405 g/mol. The van der Waals surface area contributed by atoms with E-state index in [-0.39, 0.29) is 12.6 Å². The summed E-state index contributed by atoms with van der Waals surface area (Å²) in [5.41, 5.74) is 0.402. The number of thiophene rings is 1. The molecule has 0 spiro atoms.